The van der Waals surface area contributed by atoms with Crippen molar-refractivity contribution in [3.8, 4) is 0 Å². The quantitative estimate of drug-likeness (QED) is 0.700. The molecular formula is C11H23NO. The van der Waals surface area contributed by atoms with Crippen molar-refractivity contribution in [3.63, 3.8) is 0 Å². The maximum atomic E-state index is 11.1. The van der Waals surface area contributed by atoms with E-state index in [0.29, 0.717) is 24.2 Å². The van der Waals surface area contributed by atoms with Crippen LogP contribution in [0, 0.1) is 17.8 Å². The van der Waals surface area contributed by atoms with Crippen LogP contribution in [0.4, 0.5) is 0 Å². The molecule has 0 aromatic carbocycles. The molecule has 0 atom stereocenters. The van der Waals surface area contributed by atoms with Crippen LogP contribution >= 0.6 is 0 Å². The van der Waals surface area contributed by atoms with Gasteiger partial charge in [0.15, 0.2) is 0 Å². The minimum Gasteiger partial charge on any atom is -0.359 e. The molecule has 2 heteroatoms. The van der Waals surface area contributed by atoms with Crippen molar-refractivity contribution in [1.82, 2.24) is 5.32 Å². The zero-order valence-electron chi connectivity index (χ0n) is 9.55. The van der Waals surface area contributed by atoms with E-state index >= 15 is 0 Å². The maximum Gasteiger partial charge on any atom is 0.219 e. The molecule has 0 spiro atoms. The molecule has 0 aromatic heterocycles. The Balaban J connectivity index is 3.90. The number of rotatable bonds is 5. The fourth-order valence-corrected chi connectivity index (χ4v) is 1.86. The van der Waals surface area contributed by atoms with Crippen LogP contribution in [0.15, 0.2) is 0 Å². The van der Waals surface area contributed by atoms with E-state index in [1.54, 1.807) is 7.05 Å². The first-order chi connectivity index (χ1) is 5.99. The van der Waals surface area contributed by atoms with E-state index in [2.05, 4.69) is 33.0 Å². The van der Waals surface area contributed by atoms with Gasteiger partial charge in [-0.3, -0.25) is 4.79 Å². The number of hydrogen-bond donors (Lipinski definition) is 1. The molecule has 0 saturated carbocycles. The number of carbonyl (C=O) groups is 1. The second-order valence-corrected chi connectivity index (χ2v) is 4.36. The summed E-state index contributed by atoms with van der Waals surface area (Å²) in [5.74, 6) is 2.16. The van der Waals surface area contributed by atoms with Crippen molar-refractivity contribution in [2.45, 2.75) is 40.5 Å². The van der Waals surface area contributed by atoms with Crippen LogP contribution in [0.2, 0.25) is 0 Å². The highest BCUT2D eigenvalue weighted by Gasteiger charge is 2.17. The molecule has 0 bridgehead atoms. The van der Waals surface area contributed by atoms with Crippen molar-refractivity contribution in [2.24, 2.45) is 17.8 Å². The average molecular weight is 185 g/mol. The highest BCUT2D eigenvalue weighted by Crippen LogP contribution is 2.25. The van der Waals surface area contributed by atoms with Crippen LogP contribution in [0.5, 0.6) is 0 Å². The van der Waals surface area contributed by atoms with Gasteiger partial charge in [0.05, 0.1) is 0 Å². The fraction of sp³-hybridized carbons (Fsp3) is 0.909. The van der Waals surface area contributed by atoms with Crippen LogP contribution in [0.25, 0.3) is 0 Å². The van der Waals surface area contributed by atoms with Gasteiger partial charge < -0.3 is 5.32 Å². The van der Waals surface area contributed by atoms with Gasteiger partial charge in [-0.25, -0.2) is 0 Å². The summed E-state index contributed by atoms with van der Waals surface area (Å²) >= 11 is 0. The summed E-state index contributed by atoms with van der Waals surface area (Å²) in [6.07, 6.45) is 1.67. The normalized spacial score (nSPS) is 11.4. The first-order valence-corrected chi connectivity index (χ1v) is 5.19. The third kappa shape index (κ3) is 4.91. The zero-order chi connectivity index (χ0) is 10.4. The third-order valence-corrected chi connectivity index (χ3v) is 2.70. The van der Waals surface area contributed by atoms with E-state index < -0.39 is 0 Å². The molecule has 0 saturated heterocycles. The van der Waals surface area contributed by atoms with Gasteiger partial charge in [-0.2, -0.15) is 0 Å². The summed E-state index contributed by atoms with van der Waals surface area (Å²) in [7, 11) is 1.70. The van der Waals surface area contributed by atoms with E-state index in [1.165, 1.54) is 0 Å². The van der Waals surface area contributed by atoms with E-state index in [-0.39, 0.29) is 5.91 Å². The monoisotopic (exact) mass is 185 g/mol. The minimum absolute atomic E-state index is 0.159. The van der Waals surface area contributed by atoms with Gasteiger partial charge in [-0.15, -0.1) is 0 Å². The third-order valence-electron chi connectivity index (χ3n) is 2.70. The van der Waals surface area contributed by atoms with Crippen molar-refractivity contribution in [1.29, 1.82) is 0 Å². The highest BCUT2D eigenvalue weighted by molar-refractivity contribution is 5.75. The number of carbonyl (C=O) groups excluding carboxylic acids is 1. The predicted molar refractivity (Wildman–Crippen MR) is 56.5 cm³/mol. The van der Waals surface area contributed by atoms with Gasteiger partial charge in [0.25, 0.3) is 0 Å². The van der Waals surface area contributed by atoms with Gasteiger partial charge in [-0.05, 0) is 24.2 Å². The lowest BCUT2D eigenvalue weighted by Gasteiger charge is -2.24. The summed E-state index contributed by atoms with van der Waals surface area (Å²) < 4.78 is 0. The Labute approximate surface area is 82.1 Å². The van der Waals surface area contributed by atoms with Crippen molar-refractivity contribution < 1.29 is 4.79 Å². The Morgan fingerprint density at radius 1 is 1.15 bits per heavy atom. The zero-order valence-corrected chi connectivity index (χ0v) is 9.55. The van der Waals surface area contributed by atoms with Gasteiger partial charge in [0.2, 0.25) is 5.91 Å². The topological polar surface area (TPSA) is 29.1 Å². The molecular weight excluding hydrogens is 162 g/mol. The summed E-state index contributed by atoms with van der Waals surface area (Å²) in [5.41, 5.74) is 0. The summed E-state index contributed by atoms with van der Waals surface area (Å²) in [6.45, 7) is 8.92. The summed E-state index contributed by atoms with van der Waals surface area (Å²) in [4.78, 5) is 11.1. The Morgan fingerprint density at radius 3 is 1.92 bits per heavy atom. The second kappa shape index (κ2) is 6.01. The standard InChI is InChI=1S/C11H23NO/c1-8(2)10(9(3)4)6-7-11(13)12-5/h8-10H,6-7H2,1-5H3,(H,12,13). The molecule has 0 heterocycles. The summed E-state index contributed by atoms with van der Waals surface area (Å²) in [6, 6.07) is 0. The van der Waals surface area contributed by atoms with E-state index in [0.717, 1.165) is 6.42 Å². The van der Waals surface area contributed by atoms with Gasteiger partial charge in [-0.1, -0.05) is 27.7 Å². The van der Waals surface area contributed by atoms with Crippen molar-refractivity contribution in [3.05, 3.63) is 0 Å². The minimum atomic E-state index is 0.159. The maximum absolute atomic E-state index is 11.1. The smallest absolute Gasteiger partial charge is 0.219 e. The Bertz CT molecular complexity index is 144. The van der Waals surface area contributed by atoms with Crippen LogP contribution in [0.3, 0.4) is 0 Å². The number of hydrogen-bond acceptors (Lipinski definition) is 1. The molecule has 13 heavy (non-hydrogen) atoms. The molecule has 0 rings (SSSR count). The van der Waals surface area contributed by atoms with E-state index in [9.17, 15) is 4.79 Å². The molecule has 0 radical (unpaired) electrons. The molecule has 1 N–H and O–H groups in total. The molecule has 0 aromatic rings. The SMILES string of the molecule is CNC(=O)CCC(C(C)C)C(C)C. The largest absolute Gasteiger partial charge is 0.359 e. The first-order valence-electron chi connectivity index (χ1n) is 5.19. The van der Waals surface area contributed by atoms with Crippen LogP contribution in [0.1, 0.15) is 40.5 Å². The second-order valence-electron chi connectivity index (χ2n) is 4.36. The molecule has 0 aliphatic carbocycles. The Morgan fingerprint density at radius 2 is 1.62 bits per heavy atom. The highest BCUT2D eigenvalue weighted by atomic mass is 16.1. The molecule has 0 fully saturated rings. The first kappa shape index (κ1) is 12.5. The van der Waals surface area contributed by atoms with Gasteiger partial charge in [0.1, 0.15) is 0 Å². The molecule has 0 aliphatic heterocycles. The Hall–Kier alpha value is -0.530. The van der Waals surface area contributed by atoms with E-state index in [4.69, 9.17) is 0 Å². The molecule has 2 nitrogen and oxygen atoms in total. The lowest BCUT2D eigenvalue weighted by atomic mass is 9.82. The average Bonchev–Trinajstić information content (AvgIpc) is 2.03. The molecule has 0 aliphatic rings. The number of amides is 1. The van der Waals surface area contributed by atoms with Crippen LogP contribution in [-0.4, -0.2) is 13.0 Å². The number of nitrogens with one attached hydrogen (secondary N) is 1. The van der Waals surface area contributed by atoms with E-state index in [1.807, 2.05) is 0 Å². The summed E-state index contributed by atoms with van der Waals surface area (Å²) in [5, 5.41) is 2.66. The van der Waals surface area contributed by atoms with Crippen LogP contribution in [-0.2, 0) is 4.79 Å². The fourth-order valence-electron chi connectivity index (χ4n) is 1.86. The van der Waals surface area contributed by atoms with Gasteiger partial charge in [0, 0.05) is 13.5 Å². The molecule has 78 valence electrons. The Kier molecular flexibility index (Phi) is 5.76. The lowest BCUT2D eigenvalue weighted by Crippen LogP contribution is -2.22. The molecule has 1 amide bonds. The molecule has 0 unspecified atom stereocenters. The van der Waals surface area contributed by atoms with Crippen molar-refractivity contribution in [2.75, 3.05) is 7.05 Å². The van der Waals surface area contributed by atoms with Crippen molar-refractivity contribution >= 4 is 5.91 Å². The predicted octanol–water partition coefficient (Wildman–Crippen LogP) is 2.44. The lowest BCUT2D eigenvalue weighted by molar-refractivity contribution is -0.121. The van der Waals surface area contributed by atoms with Gasteiger partial charge >= 0.3 is 0 Å². The van der Waals surface area contributed by atoms with Crippen LogP contribution < -0.4 is 5.32 Å².